The van der Waals surface area contributed by atoms with Crippen molar-refractivity contribution in [1.82, 2.24) is 19.7 Å². The van der Waals surface area contributed by atoms with E-state index in [1.807, 2.05) is 4.57 Å². The lowest BCUT2D eigenvalue weighted by Crippen LogP contribution is -2.51. The number of carbonyl (C=O) groups excluding carboxylic acids is 2. The highest BCUT2D eigenvalue weighted by molar-refractivity contribution is 7.99. The third-order valence-corrected chi connectivity index (χ3v) is 6.10. The van der Waals surface area contributed by atoms with Crippen LogP contribution in [0.4, 0.5) is 4.39 Å². The highest BCUT2D eigenvalue weighted by Crippen LogP contribution is 2.41. The second-order valence-electron chi connectivity index (χ2n) is 7.18. The first-order valence-electron chi connectivity index (χ1n) is 9.47. The van der Waals surface area contributed by atoms with Gasteiger partial charge in [-0.15, -0.1) is 10.2 Å². The summed E-state index contributed by atoms with van der Waals surface area (Å²) in [7, 11) is 0. The molecule has 0 unspecified atom stereocenters. The van der Waals surface area contributed by atoms with Gasteiger partial charge in [-0.05, 0) is 44.2 Å². The fraction of sp³-hybridized carbons (Fsp3) is 0.474. The lowest BCUT2D eigenvalue weighted by atomic mass is 10.0. The number of hydrogen-bond donors (Lipinski definition) is 1. The fourth-order valence-corrected chi connectivity index (χ4v) is 4.49. The summed E-state index contributed by atoms with van der Waals surface area (Å²) in [4.78, 5) is 25.9. The maximum Gasteiger partial charge on any atom is 0.240 e. The van der Waals surface area contributed by atoms with E-state index in [0.29, 0.717) is 29.5 Å². The monoisotopic (exact) mass is 403 g/mol. The van der Waals surface area contributed by atoms with Crippen molar-refractivity contribution < 1.29 is 14.0 Å². The summed E-state index contributed by atoms with van der Waals surface area (Å²) in [5.74, 6) is -0.302. The average Bonchev–Trinajstić information content (AvgIpc) is 3.46. The molecule has 1 aliphatic carbocycles. The van der Waals surface area contributed by atoms with Crippen LogP contribution in [0.25, 0.3) is 11.4 Å². The molecule has 28 heavy (non-hydrogen) atoms. The number of nitrogens with zero attached hydrogens (tertiary/aromatic N) is 4. The van der Waals surface area contributed by atoms with Crippen molar-refractivity contribution in [2.75, 3.05) is 12.3 Å². The first-order valence-corrected chi connectivity index (χ1v) is 10.5. The fourth-order valence-electron chi connectivity index (χ4n) is 3.60. The number of primary amides is 1. The Morgan fingerprint density at radius 3 is 2.68 bits per heavy atom. The number of hydrogen-bond acceptors (Lipinski definition) is 5. The van der Waals surface area contributed by atoms with E-state index in [2.05, 4.69) is 10.2 Å². The van der Waals surface area contributed by atoms with Gasteiger partial charge in [-0.2, -0.15) is 0 Å². The summed E-state index contributed by atoms with van der Waals surface area (Å²) in [6.07, 6.45) is 4.34. The molecule has 2 N–H and O–H groups in total. The molecule has 1 aliphatic heterocycles. The number of carbonyl (C=O) groups is 2. The maximum absolute atomic E-state index is 14.2. The number of amides is 2. The van der Waals surface area contributed by atoms with Crippen LogP contribution >= 0.6 is 11.8 Å². The number of nitrogens with two attached hydrogens (primary N) is 1. The molecule has 4 rings (SSSR count). The van der Waals surface area contributed by atoms with Gasteiger partial charge >= 0.3 is 0 Å². The van der Waals surface area contributed by atoms with Crippen LogP contribution in [0.2, 0.25) is 0 Å². The summed E-state index contributed by atoms with van der Waals surface area (Å²) < 4.78 is 16.2. The zero-order chi connectivity index (χ0) is 19.7. The third kappa shape index (κ3) is 3.76. The van der Waals surface area contributed by atoms with Crippen molar-refractivity contribution >= 4 is 23.6 Å². The first-order chi connectivity index (χ1) is 13.6. The van der Waals surface area contributed by atoms with E-state index < -0.39 is 11.9 Å². The highest BCUT2D eigenvalue weighted by atomic mass is 32.2. The minimum atomic E-state index is -0.530. The standard InChI is InChI=1S/C19H22FN5O2S/c20-14-6-2-1-5-13(14)18-22-23-19(25(18)12-8-9-12)28-11-16(26)24-10-4-3-7-15(24)17(21)27/h1-2,5-6,12,15H,3-4,7-11H2,(H2,21,27)/t15-/m1/s1. The molecule has 1 aromatic carbocycles. The number of rotatable bonds is 6. The molecule has 1 saturated carbocycles. The van der Waals surface area contributed by atoms with Crippen LogP contribution < -0.4 is 5.73 Å². The van der Waals surface area contributed by atoms with Crippen molar-refractivity contribution in [3.05, 3.63) is 30.1 Å². The minimum Gasteiger partial charge on any atom is -0.368 e. The number of piperidine rings is 1. The van der Waals surface area contributed by atoms with Gasteiger partial charge < -0.3 is 10.6 Å². The maximum atomic E-state index is 14.2. The zero-order valence-corrected chi connectivity index (χ0v) is 16.2. The predicted octanol–water partition coefficient (Wildman–Crippen LogP) is 2.38. The lowest BCUT2D eigenvalue weighted by Gasteiger charge is -2.33. The van der Waals surface area contributed by atoms with Gasteiger partial charge in [0, 0.05) is 12.6 Å². The largest absolute Gasteiger partial charge is 0.368 e. The second-order valence-corrected chi connectivity index (χ2v) is 8.12. The van der Waals surface area contributed by atoms with Crippen LogP contribution in [-0.2, 0) is 9.59 Å². The van der Waals surface area contributed by atoms with Crippen LogP contribution in [0, 0.1) is 5.82 Å². The third-order valence-electron chi connectivity index (χ3n) is 5.17. The number of benzene rings is 1. The molecule has 0 bridgehead atoms. The van der Waals surface area contributed by atoms with Crippen LogP contribution in [-0.4, -0.2) is 49.8 Å². The molecule has 2 aliphatic rings. The van der Waals surface area contributed by atoms with Crippen LogP contribution in [0.15, 0.2) is 29.4 Å². The van der Waals surface area contributed by atoms with Gasteiger partial charge in [-0.3, -0.25) is 14.2 Å². The molecule has 2 heterocycles. The van der Waals surface area contributed by atoms with E-state index in [9.17, 15) is 14.0 Å². The van der Waals surface area contributed by atoms with Gasteiger partial charge in [0.25, 0.3) is 0 Å². The van der Waals surface area contributed by atoms with Crippen LogP contribution in [0.5, 0.6) is 0 Å². The van der Waals surface area contributed by atoms with E-state index in [-0.39, 0.29) is 23.5 Å². The Morgan fingerprint density at radius 2 is 1.96 bits per heavy atom. The molecule has 2 fully saturated rings. The lowest BCUT2D eigenvalue weighted by molar-refractivity contribution is -0.138. The molecule has 9 heteroatoms. The first kappa shape index (κ1) is 18.9. The smallest absolute Gasteiger partial charge is 0.240 e. The van der Waals surface area contributed by atoms with E-state index in [1.165, 1.54) is 17.8 Å². The summed E-state index contributed by atoms with van der Waals surface area (Å²) >= 11 is 1.28. The Labute approximate surface area is 166 Å². The second kappa shape index (κ2) is 7.90. The summed E-state index contributed by atoms with van der Waals surface area (Å²) in [6.45, 7) is 0.544. The number of aromatic nitrogens is 3. The van der Waals surface area contributed by atoms with Crippen molar-refractivity contribution in [2.45, 2.75) is 49.3 Å². The Hall–Kier alpha value is -2.42. The SMILES string of the molecule is NC(=O)[C@H]1CCCCN1C(=O)CSc1nnc(-c2ccccc2F)n1C1CC1. The van der Waals surface area contributed by atoms with Gasteiger partial charge in [0.15, 0.2) is 11.0 Å². The molecule has 7 nitrogen and oxygen atoms in total. The molecular weight excluding hydrogens is 381 g/mol. The molecular formula is C19H22FN5O2S. The average molecular weight is 403 g/mol. The zero-order valence-electron chi connectivity index (χ0n) is 15.4. The molecule has 0 radical (unpaired) electrons. The molecule has 2 aromatic rings. The summed E-state index contributed by atoms with van der Waals surface area (Å²) in [5, 5.41) is 9.01. The molecule has 1 aromatic heterocycles. The van der Waals surface area contributed by atoms with Crippen LogP contribution in [0.1, 0.15) is 38.1 Å². The van der Waals surface area contributed by atoms with Gasteiger partial charge in [0.05, 0.1) is 11.3 Å². The number of likely N-dealkylation sites (tertiary alicyclic amines) is 1. The van der Waals surface area contributed by atoms with Crippen molar-refractivity contribution in [2.24, 2.45) is 5.73 Å². The molecule has 2 amide bonds. The Bertz CT molecular complexity index is 898. The Balaban J connectivity index is 1.52. The Morgan fingerprint density at radius 1 is 1.18 bits per heavy atom. The Kier molecular flexibility index (Phi) is 5.34. The highest BCUT2D eigenvalue weighted by Gasteiger charge is 2.33. The minimum absolute atomic E-state index is 0.133. The van der Waals surface area contributed by atoms with Crippen LogP contribution in [0.3, 0.4) is 0 Å². The summed E-state index contributed by atoms with van der Waals surface area (Å²) in [6, 6.07) is 6.19. The van der Waals surface area contributed by atoms with Crippen molar-refractivity contribution in [1.29, 1.82) is 0 Å². The number of thioether (sulfide) groups is 1. The van der Waals surface area contributed by atoms with Gasteiger partial charge in [-0.1, -0.05) is 23.9 Å². The van der Waals surface area contributed by atoms with E-state index in [0.717, 1.165) is 25.7 Å². The van der Waals surface area contributed by atoms with E-state index in [4.69, 9.17) is 5.73 Å². The molecule has 1 saturated heterocycles. The van der Waals surface area contributed by atoms with Gasteiger partial charge in [-0.25, -0.2) is 4.39 Å². The number of halogens is 1. The van der Waals surface area contributed by atoms with Crippen molar-refractivity contribution in [3.8, 4) is 11.4 Å². The molecule has 0 spiro atoms. The molecule has 1 atom stereocenters. The topological polar surface area (TPSA) is 94.1 Å². The van der Waals surface area contributed by atoms with Gasteiger partial charge in [0.2, 0.25) is 11.8 Å². The quantitative estimate of drug-likeness (QED) is 0.748. The van der Waals surface area contributed by atoms with E-state index in [1.54, 1.807) is 23.1 Å². The predicted molar refractivity (Wildman–Crippen MR) is 103 cm³/mol. The normalized spacial score (nSPS) is 19.6. The van der Waals surface area contributed by atoms with Gasteiger partial charge in [0.1, 0.15) is 11.9 Å². The van der Waals surface area contributed by atoms with Crippen molar-refractivity contribution in [3.63, 3.8) is 0 Å². The molecule has 148 valence electrons. The summed E-state index contributed by atoms with van der Waals surface area (Å²) in [5.41, 5.74) is 5.86. The van der Waals surface area contributed by atoms with E-state index >= 15 is 0 Å².